The quantitative estimate of drug-likeness (QED) is 0.653. The molecule has 0 aromatic carbocycles. The lowest BCUT2D eigenvalue weighted by atomic mass is 10.1. The summed E-state index contributed by atoms with van der Waals surface area (Å²) in [5.41, 5.74) is 2.10. The maximum atomic E-state index is 12.5. The van der Waals surface area contributed by atoms with Crippen LogP contribution >= 0.6 is 49.0 Å². The minimum Gasteiger partial charge on any atom is -0.355 e. The number of carbonyl (C=O) groups is 1. The van der Waals surface area contributed by atoms with Crippen LogP contribution in [0.3, 0.4) is 0 Å². The van der Waals surface area contributed by atoms with Crippen molar-refractivity contribution in [2.45, 2.75) is 23.0 Å². The summed E-state index contributed by atoms with van der Waals surface area (Å²) in [6.07, 6.45) is 7.78. The lowest BCUT2D eigenvalue weighted by molar-refractivity contribution is -0.119. The van der Waals surface area contributed by atoms with Gasteiger partial charge in [0.05, 0.1) is 0 Å². The first kappa shape index (κ1) is 25.2. The van der Waals surface area contributed by atoms with Gasteiger partial charge in [-0.3, -0.25) is 4.79 Å². The summed E-state index contributed by atoms with van der Waals surface area (Å²) >= 11 is 1.58. The lowest BCUT2D eigenvalue weighted by Gasteiger charge is -2.21. The van der Waals surface area contributed by atoms with Crippen LogP contribution in [0, 0.1) is 0 Å². The topological polar surface area (TPSA) is 69.6 Å². The molecule has 1 aromatic heterocycles. The van der Waals surface area contributed by atoms with Gasteiger partial charge in [0.2, 0.25) is 5.91 Å². The fraction of sp³-hybridized carbons (Fsp3) is 0.500. The molecule has 1 fully saturated rings. The molecule has 1 amide bonds. The van der Waals surface area contributed by atoms with Crippen LogP contribution in [0.1, 0.15) is 18.4 Å². The van der Waals surface area contributed by atoms with Crippen molar-refractivity contribution in [3.8, 4) is 0 Å². The van der Waals surface area contributed by atoms with Gasteiger partial charge in [-0.05, 0) is 38.5 Å². The number of nitrogens with one attached hydrogen (secondary N) is 2. The third-order valence-electron chi connectivity index (χ3n) is 4.73. The molecule has 1 aromatic rings. The average Bonchev–Trinajstić information content (AvgIpc) is 2.88. The molecule has 1 unspecified atom stereocenters. The van der Waals surface area contributed by atoms with Gasteiger partial charge in [-0.15, -0.1) is 49.0 Å². The predicted molar refractivity (Wildman–Crippen MR) is 123 cm³/mol. The number of thioether (sulfide) groups is 1. The van der Waals surface area contributed by atoms with Crippen LogP contribution in [0.2, 0.25) is 0 Å². The summed E-state index contributed by atoms with van der Waals surface area (Å²) in [4.78, 5) is 24.7. The number of aliphatic imine (C=N–C) groups is 1. The van der Waals surface area contributed by atoms with Gasteiger partial charge >= 0.3 is 0 Å². The van der Waals surface area contributed by atoms with Gasteiger partial charge < -0.3 is 15.5 Å². The molecule has 0 radical (unpaired) electrons. The van der Waals surface area contributed by atoms with Gasteiger partial charge in [0.1, 0.15) is 5.25 Å². The van der Waals surface area contributed by atoms with Crippen molar-refractivity contribution in [1.82, 2.24) is 20.5 Å². The van der Waals surface area contributed by atoms with E-state index in [0.29, 0.717) is 0 Å². The van der Waals surface area contributed by atoms with Gasteiger partial charge in [-0.2, -0.15) is 0 Å². The normalized spacial score (nSPS) is 19.9. The third kappa shape index (κ3) is 5.84. The van der Waals surface area contributed by atoms with Gasteiger partial charge in [-0.25, -0.2) is 9.98 Å². The molecule has 28 heavy (non-hydrogen) atoms. The van der Waals surface area contributed by atoms with Gasteiger partial charge in [0, 0.05) is 48.1 Å². The zero-order valence-corrected chi connectivity index (χ0v) is 18.7. The molecule has 0 spiro atoms. The molecule has 1 atom stereocenters. The highest BCUT2D eigenvalue weighted by Gasteiger charge is 2.29. The second-order valence-corrected chi connectivity index (χ2v) is 7.70. The average molecular weight is 467 g/mol. The zero-order valence-electron chi connectivity index (χ0n) is 15.4. The minimum atomic E-state index is -0.190. The van der Waals surface area contributed by atoms with E-state index in [9.17, 15) is 4.79 Å². The van der Waals surface area contributed by atoms with Crippen molar-refractivity contribution < 1.29 is 4.79 Å². The maximum Gasteiger partial charge on any atom is 0.237 e. The molecule has 3 aliphatic heterocycles. The highest BCUT2D eigenvalue weighted by Crippen LogP contribution is 2.43. The van der Waals surface area contributed by atoms with Crippen LogP contribution in [0.5, 0.6) is 0 Å². The molecule has 1 saturated heterocycles. The van der Waals surface area contributed by atoms with E-state index >= 15 is 0 Å². The van der Waals surface area contributed by atoms with Crippen LogP contribution in [0.15, 0.2) is 28.2 Å². The fourth-order valence-corrected chi connectivity index (χ4v) is 4.57. The Hall–Kier alpha value is -0.830. The number of amides is 1. The molecule has 4 heterocycles. The number of rotatable bonds is 5. The lowest BCUT2D eigenvalue weighted by Crippen LogP contribution is -2.35. The maximum absolute atomic E-state index is 12.5. The molecule has 0 saturated carbocycles. The number of carbonyl (C=O) groups excluding carboxylic acids is 1. The Morgan fingerprint density at radius 1 is 1.29 bits per heavy atom. The summed E-state index contributed by atoms with van der Waals surface area (Å²) < 4.78 is 0. The Morgan fingerprint density at radius 2 is 2.14 bits per heavy atom. The zero-order chi connectivity index (χ0) is 17.1. The Morgan fingerprint density at radius 3 is 3.00 bits per heavy atom. The van der Waals surface area contributed by atoms with E-state index in [1.54, 1.807) is 18.0 Å². The van der Waals surface area contributed by atoms with Gasteiger partial charge in [0.15, 0.2) is 5.82 Å². The Labute approximate surface area is 188 Å². The number of aromatic nitrogens is 1. The summed E-state index contributed by atoms with van der Waals surface area (Å²) in [5, 5.41) is 6.32. The number of nitrogens with zero attached hydrogens (tertiary/aromatic N) is 3. The van der Waals surface area contributed by atoms with E-state index in [1.165, 1.54) is 6.42 Å². The molecule has 0 aliphatic carbocycles. The molecule has 2 N–H and O–H groups in total. The predicted octanol–water partition coefficient (Wildman–Crippen LogP) is 2.72. The third-order valence-corrected chi connectivity index (χ3v) is 5.93. The van der Waals surface area contributed by atoms with E-state index < -0.39 is 0 Å². The number of halogens is 3. The first-order chi connectivity index (χ1) is 12.3. The van der Waals surface area contributed by atoms with Crippen LogP contribution in [0.4, 0.5) is 5.82 Å². The van der Waals surface area contributed by atoms with Crippen molar-refractivity contribution in [2.24, 2.45) is 4.99 Å². The number of allylic oxidation sites excluding steroid dienone is 1. The Kier molecular flexibility index (Phi) is 10.8. The molecule has 0 bridgehead atoms. The summed E-state index contributed by atoms with van der Waals surface area (Å²) in [6.45, 7) is 6.21. The highest BCUT2D eigenvalue weighted by molar-refractivity contribution is 8.01. The highest BCUT2D eigenvalue weighted by atomic mass is 35.5. The molecule has 6 nitrogen and oxygen atoms in total. The number of pyridine rings is 1. The smallest absolute Gasteiger partial charge is 0.237 e. The second kappa shape index (κ2) is 12.0. The minimum absolute atomic E-state index is 0. The number of hydrogen-bond donors (Lipinski definition) is 2. The van der Waals surface area contributed by atoms with E-state index in [2.05, 4.69) is 25.5 Å². The summed E-state index contributed by atoms with van der Waals surface area (Å²) in [6, 6.07) is 1.97. The molecular formula is C18H26Cl3N5OS. The van der Waals surface area contributed by atoms with Crippen LogP contribution in [-0.4, -0.2) is 66.5 Å². The summed E-state index contributed by atoms with van der Waals surface area (Å²) in [5.74, 6) is 0.849. The van der Waals surface area contributed by atoms with Crippen LogP contribution in [-0.2, 0) is 4.79 Å². The largest absolute Gasteiger partial charge is 0.355 e. The first-order valence-corrected chi connectivity index (χ1v) is 9.82. The van der Waals surface area contributed by atoms with E-state index in [0.717, 1.165) is 67.5 Å². The molecule has 156 valence electrons. The number of hydrogen-bond acceptors (Lipinski definition) is 6. The molecule has 4 rings (SSSR count). The second-order valence-electron chi connectivity index (χ2n) is 6.52. The molecule has 10 heteroatoms. The monoisotopic (exact) mass is 465 g/mol. The van der Waals surface area contributed by atoms with Crippen molar-refractivity contribution >= 4 is 72.5 Å². The van der Waals surface area contributed by atoms with E-state index in [4.69, 9.17) is 0 Å². The first-order valence-electron chi connectivity index (χ1n) is 8.94. The van der Waals surface area contributed by atoms with Gasteiger partial charge in [0.25, 0.3) is 0 Å². The van der Waals surface area contributed by atoms with Gasteiger partial charge in [-0.1, -0.05) is 6.08 Å². The van der Waals surface area contributed by atoms with Crippen LogP contribution in [0.25, 0.3) is 5.57 Å². The van der Waals surface area contributed by atoms with Crippen molar-refractivity contribution in [1.29, 1.82) is 0 Å². The van der Waals surface area contributed by atoms with Crippen molar-refractivity contribution in [2.75, 3.05) is 39.3 Å². The fourth-order valence-electron chi connectivity index (χ4n) is 3.43. The standard InChI is InChI=1S/C18H23N5OS.3ClH/c24-18(21-5-2-9-23-8-1-4-19-7-10-23)15-11-13-12-22-17-16(13)14(25-15)3-6-20-17;;;/h3,6,11-12,15,19H,1-2,4-5,7-10H2,(H,21,24);3*1H. The van der Waals surface area contributed by atoms with Crippen LogP contribution < -0.4 is 10.6 Å². The Bertz CT molecular complexity index is 723. The summed E-state index contributed by atoms with van der Waals surface area (Å²) in [7, 11) is 0. The van der Waals surface area contributed by atoms with E-state index in [-0.39, 0.29) is 48.4 Å². The Balaban J connectivity index is 0.00000131. The molecular weight excluding hydrogens is 441 g/mol. The van der Waals surface area contributed by atoms with Crippen molar-refractivity contribution in [3.05, 3.63) is 23.9 Å². The molecule has 3 aliphatic rings. The SMILES string of the molecule is Cl.Cl.Cl.O=C(NCCCN1CCCNCC1)C1C=C2C=Nc3nccc(c32)S1. The van der Waals surface area contributed by atoms with Crippen molar-refractivity contribution in [3.63, 3.8) is 0 Å². The van der Waals surface area contributed by atoms with E-state index in [1.807, 2.05) is 18.4 Å².